The van der Waals surface area contributed by atoms with Crippen LogP contribution < -0.4 is 0 Å². The fourth-order valence-electron chi connectivity index (χ4n) is 2.41. The fraction of sp³-hybridized carbons (Fsp3) is 0.118. The first-order valence-electron chi connectivity index (χ1n) is 6.45. The largest absolute Gasteiger partial charge is 0.290 e. The van der Waals surface area contributed by atoms with Gasteiger partial charge in [-0.3, -0.25) is 14.6 Å². The molecule has 0 unspecified atom stereocenters. The number of carbonyl (C=O) groups is 2. The van der Waals surface area contributed by atoms with E-state index in [-0.39, 0.29) is 11.6 Å². The number of fused-ring (bicyclic) bond motifs is 1. The maximum absolute atomic E-state index is 11.9. The summed E-state index contributed by atoms with van der Waals surface area (Å²) in [4.78, 5) is 27.7. The molecule has 0 atom stereocenters. The molecule has 0 N–H and O–H groups in total. The molecule has 0 spiro atoms. The number of allylic oxidation sites excluding steroid dienone is 4. The highest BCUT2D eigenvalue weighted by atomic mass is 16.1. The number of aromatic nitrogens is 1. The molecule has 20 heavy (non-hydrogen) atoms. The molecule has 1 heterocycles. The summed E-state index contributed by atoms with van der Waals surface area (Å²) < 4.78 is 0. The van der Waals surface area contributed by atoms with Crippen LogP contribution in [0.1, 0.15) is 11.1 Å². The van der Waals surface area contributed by atoms with Gasteiger partial charge in [0.2, 0.25) is 0 Å². The van der Waals surface area contributed by atoms with Gasteiger partial charge in [0.05, 0.1) is 5.52 Å². The highest BCUT2D eigenvalue weighted by Crippen LogP contribution is 2.24. The third-order valence-electron chi connectivity index (χ3n) is 3.51. The van der Waals surface area contributed by atoms with Crippen molar-refractivity contribution in [2.45, 2.75) is 13.3 Å². The van der Waals surface area contributed by atoms with Gasteiger partial charge in [0.1, 0.15) is 0 Å². The monoisotopic (exact) mass is 263 g/mol. The average Bonchev–Trinajstić information content (AvgIpc) is 2.46. The summed E-state index contributed by atoms with van der Waals surface area (Å²) in [5.74, 6) is -0.234. The van der Waals surface area contributed by atoms with Crippen LogP contribution >= 0.6 is 0 Å². The minimum Gasteiger partial charge on any atom is -0.290 e. The zero-order valence-corrected chi connectivity index (χ0v) is 11.1. The highest BCUT2D eigenvalue weighted by molar-refractivity contribution is 6.17. The Kier molecular flexibility index (Phi) is 3.03. The fourth-order valence-corrected chi connectivity index (χ4v) is 2.41. The quantitative estimate of drug-likeness (QED) is 0.783. The van der Waals surface area contributed by atoms with Gasteiger partial charge in [-0.25, -0.2) is 0 Å². The molecule has 1 aliphatic carbocycles. The zero-order chi connectivity index (χ0) is 14.1. The standard InChI is InChI=1S/C17H13NO2/c1-11-4-5-12-3-2-8-18-17(12)15(11)10-13-9-14(19)6-7-16(13)20/h2-9H,10H2,1H3. The number of aryl methyl sites for hydroxylation is 1. The summed E-state index contributed by atoms with van der Waals surface area (Å²) >= 11 is 0. The Labute approximate surface area is 116 Å². The summed E-state index contributed by atoms with van der Waals surface area (Å²) in [5, 5.41) is 1.04. The lowest BCUT2D eigenvalue weighted by Crippen LogP contribution is -2.10. The zero-order valence-electron chi connectivity index (χ0n) is 11.1. The third-order valence-corrected chi connectivity index (χ3v) is 3.51. The summed E-state index contributed by atoms with van der Waals surface area (Å²) in [5.41, 5.74) is 3.50. The van der Waals surface area contributed by atoms with E-state index in [0.29, 0.717) is 12.0 Å². The Morgan fingerprint density at radius 1 is 1.10 bits per heavy atom. The van der Waals surface area contributed by atoms with Crippen molar-refractivity contribution >= 4 is 22.5 Å². The molecule has 0 fully saturated rings. The lowest BCUT2D eigenvalue weighted by molar-refractivity contribution is -0.114. The molecule has 1 aliphatic rings. The minimum atomic E-state index is -0.134. The topological polar surface area (TPSA) is 47.0 Å². The molecule has 1 aromatic heterocycles. The smallest absolute Gasteiger partial charge is 0.182 e. The molecule has 2 aromatic rings. The van der Waals surface area contributed by atoms with E-state index in [1.807, 2.05) is 31.2 Å². The van der Waals surface area contributed by atoms with Gasteiger partial charge in [0, 0.05) is 23.6 Å². The van der Waals surface area contributed by atoms with E-state index in [0.717, 1.165) is 22.0 Å². The van der Waals surface area contributed by atoms with E-state index in [1.54, 1.807) is 6.20 Å². The Balaban J connectivity index is 2.09. The SMILES string of the molecule is Cc1ccc2cccnc2c1CC1=CC(=O)C=CC1=O. The first-order chi connectivity index (χ1) is 9.65. The molecule has 0 amide bonds. The maximum atomic E-state index is 11.9. The van der Waals surface area contributed by atoms with Crippen molar-refractivity contribution in [3.63, 3.8) is 0 Å². The van der Waals surface area contributed by atoms with Gasteiger partial charge in [-0.1, -0.05) is 18.2 Å². The molecule has 3 nitrogen and oxygen atoms in total. The van der Waals surface area contributed by atoms with Gasteiger partial charge >= 0.3 is 0 Å². The number of ketones is 2. The molecule has 0 aliphatic heterocycles. The molecule has 0 bridgehead atoms. The van der Waals surface area contributed by atoms with Gasteiger partial charge in [-0.15, -0.1) is 0 Å². The average molecular weight is 263 g/mol. The molecule has 98 valence electrons. The summed E-state index contributed by atoms with van der Waals surface area (Å²) in [6, 6.07) is 7.92. The second-order valence-corrected chi connectivity index (χ2v) is 4.88. The number of hydrogen-bond donors (Lipinski definition) is 0. The summed E-state index contributed by atoms with van der Waals surface area (Å²) in [7, 11) is 0. The van der Waals surface area contributed by atoms with E-state index in [1.165, 1.54) is 18.2 Å². The Morgan fingerprint density at radius 2 is 1.95 bits per heavy atom. The molecule has 0 saturated carbocycles. The van der Waals surface area contributed by atoms with E-state index in [2.05, 4.69) is 4.98 Å². The Morgan fingerprint density at radius 3 is 2.80 bits per heavy atom. The van der Waals surface area contributed by atoms with E-state index in [9.17, 15) is 9.59 Å². The van der Waals surface area contributed by atoms with Crippen LogP contribution in [0.25, 0.3) is 10.9 Å². The van der Waals surface area contributed by atoms with E-state index >= 15 is 0 Å². The van der Waals surface area contributed by atoms with Gasteiger partial charge in [0.25, 0.3) is 0 Å². The number of hydrogen-bond acceptors (Lipinski definition) is 3. The number of carbonyl (C=O) groups excluding carboxylic acids is 2. The molecule has 0 radical (unpaired) electrons. The predicted molar refractivity (Wildman–Crippen MR) is 77.4 cm³/mol. The van der Waals surface area contributed by atoms with Crippen LogP contribution in [-0.2, 0) is 16.0 Å². The van der Waals surface area contributed by atoms with Crippen LogP contribution in [-0.4, -0.2) is 16.6 Å². The van der Waals surface area contributed by atoms with Crippen molar-refractivity contribution in [3.8, 4) is 0 Å². The molecule has 3 heteroatoms. The predicted octanol–water partition coefficient (Wildman–Crippen LogP) is 2.72. The van der Waals surface area contributed by atoms with Crippen molar-refractivity contribution in [3.05, 3.63) is 65.4 Å². The van der Waals surface area contributed by atoms with Crippen molar-refractivity contribution in [2.24, 2.45) is 0 Å². The van der Waals surface area contributed by atoms with Crippen LogP contribution in [0.2, 0.25) is 0 Å². The number of rotatable bonds is 2. The minimum absolute atomic E-state index is 0.100. The van der Waals surface area contributed by atoms with Crippen LogP contribution in [0.4, 0.5) is 0 Å². The number of nitrogens with zero attached hydrogens (tertiary/aromatic N) is 1. The van der Waals surface area contributed by atoms with Crippen molar-refractivity contribution in [2.75, 3.05) is 0 Å². The molecular formula is C17H13NO2. The van der Waals surface area contributed by atoms with Gasteiger partial charge in [-0.2, -0.15) is 0 Å². The van der Waals surface area contributed by atoms with Crippen molar-refractivity contribution < 1.29 is 9.59 Å². The number of pyridine rings is 1. The van der Waals surface area contributed by atoms with Gasteiger partial charge < -0.3 is 0 Å². The van der Waals surface area contributed by atoms with Crippen molar-refractivity contribution in [1.82, 2.24) is 4.98 Å². The lowest BCUT2D eigenvalue weighted by Gasteiger charge is -2.12. The Hall–Kier alpha value is -2.55. The first kappa shape index (κ1) is 12.5. The van der Waals surface area contributed by atoms with E-state index in [4.69, 9.17) is 0 Å². The molecule has 3 rings (SSSR count). The molecule has 1 aromatic carbocycles. The molecular weight excluding hydrogens is 250 g/mol. The van der Waals surface area contributed by atoms with Crippen LogP contribution in [0.15, 0.2) is 54.3 Å². The molecule has 0 saturated heterocycles. The second kappa shape index (κ2) is 4.85. The van der Waals surface area contributed by atoms with E-state index < -0.39 is 0 Å². The lowest BCUT2D eigenvalue weighted by atomic mass is 9.93. The van der Waals surface area contributed by atoms with Gasteiger partial charge in [0.15, 0.2) is 11.6 Å². The highest BCUT2D eigenvalue weighted by Gasteiger charge is 2.16. The van der Waals surface area contributed by atoms with Crippen LogP contribution in [0.5, 0.6) is 0 Å². The summed E-state index contributed by atoms with van der Waals surface area (Å²) in [6.07, 6.45) is 6.25. The normalized spacial score (nSPS) is 14.8. The van der Waals surface area contributed by atoms with Crippen molar-refractivity contribution in [1.29, 1.82) is 0 Å². The maximum Gasteiger partial charge on any atom is 0.182 e. The first-order valence-corrected chi connectivity index (χ1v) is 6.45. The number of benzene rings is 1. The third kappa shape index (κ3) is 2.18. The van der Waals surface area contributed by atoms with Crippen LogP contribution in [0.3, 0.4) is 0 Å². The second-order valence-electron chi connectivity index (χ2n) is 4.88. The van der Waals surface area contributed by atoms with Crippen LogP contribution in [0, 0.1) is 6.92 Å². The Bertz CT molecular complexity index is 785. The summed E-state index contributed by atoms with van der Waals surface area (Å²) in [6.45, 7) is 2.00. The van der Waals surface area contributed by atoms with Gasteiger partial charge in [-0.05, 0) is 42.3 Å².